The van der Waals surface area contributed by atoms with E-state index in [2.05, 4.69) is 4.98 Å². The first kappa shape index (κ1) is 9.62. The summed E-state index contributed by atoms with van der Waals surface area (Å²) in [5, 5.41) is 10.3. The summed E-state index contributed by atoms with van der Waals surface area (Å²) in [6, 6.07) is 0.889. The van der Waals surface area contributed by atoms with Crippen LogP contribution in [0, 0.1) is 0 Å². The van der Waals surface area contributed by atoms with Crippen molar-refractivity contribution in [3.63, 3.8) is 0 Å². The maximum atomic E-state index is 10.5. The van der Waals surface area contributed by atoms with Gasteiger partial charge in [-0.05, 0) is 6.07 Å². The maximum Gasteiger partial charge on any atom is 0.126 e. The highest BCUT2D eigenvalue weighted by atomic mass is 32.2. The van der Waals surface area contributed by atoms with E-state index in [1.165, 1.54) is 0 Å². The van der Waals surface area contributed by atoms with E-state index < -0.39 is 26.5 Å². The first-order valence-corrected chi connectivity index (χ1v) is 4.45. The van der Waals surface area contributed by atoms with Crippen LogP contribution in [0.4, 0.5) is 0 Å². The molecule has 0 aliphatic rings. The first-order valence-electron chi connectivity index (χ1n) is 3.04. The van der Waals surface area contributed by atoms with Crippen molar-refractivity contribution in [2.24, 2.45) is 0 Å². The summed E-state index contributed by atoms with van der Waals surface area (Å²) in [5.41, 5.74) is -0.676. The molecule has 6 nitrogen and oxygen atoms in total. The topological polar surface area (TPSA) is 110 Å². The van der Waals surface area contributed by atoms with E-state index in [1.54, 1.807) is 0 Å². The van der Waals surface area contributed by atoms with Crippen molar-refractivity contribution in [1.29, 1.82) is 0 Å². The van der Waals surface area contributed by atoms with Gasteiger partial charge < -0.3 is 14.5 Å². The summed E-state index contributed by atoms with van der Waals surface area (Å²) in [5.74, 6) is -1.73. The number of carbonyl (C=O) groups is 1. The number of hydrogen-bond donors (Lipinski definition) is 0. The SMILES string of the molecule is O=C([O-])c1ccncc1S(=O)(=O)[O-]. The van der Waals surface area contributed by atoms with Crippen LogP contribution < -0.4 is 5.11 Å². The van der Waals surface area contributed by atoms with Crippen LogP contribution in [0.3, 0.4) is 0 Å². The van der Waals surface area contributed by atoms with Gasteiger partial charge >= 0.3 is 0 Å². The Hall–Kier alpha value is -1.47. The molecule has 0 amide bonds. The van der Waals surface area contributed by atoms with Crippen LogP contribution in [0.1, 0.15) is 10.4 Å². The molecule has 0 fully saturated rings. The molecule has 1 aromatic rings. The highest BCUT2D eigenvalue weighted by molar-refractivity contribution is 7.85. The molecule has 0 aromatic carbocycles. The molecule has 0 bridgehead atoms. The average Bonchev–Trinajstić information content (AvgIpc) is 2.03. The van der Waals surface area contributed by atoms with Gasteiger partial charge in [0.2, 0.25) is 0 Å². The Bertz CT molecular complexity index is 438. The second-order valence-electron chi connectivity index (χ2n) is 2.11. The van der Waals surface area contributed by atoms with Crippen LogP contribution in [0.25, 0.3) is 0 Å². The summed E-state index contributed by atoms with van der Waals surface area (Å²) in [7, 11) is -4.81. The molecular weight excluding hydrogens is 198 g/mol. The Morgan fingerprint density at radius 3 is 2.46 bits per heavy atom. The third-order valence-corrected chi connectivity index (χ3v) is 2.14. The van der Waals surface area contributed by atoms with Crippen LogP contribution >= 0.6 is 0 Å². The van der Waals surface area contributed by atoms with Crippen LogP contribution in [-0.2, 0) is 10.1 Å². The number of rotatable bonds is 2. The van der Waals surface area contributed by atoms with Crippen LogP contribution in [0.15, 0.2) is 23.4 Å². The molecule has 0 aliphatic carbocycles. The van der Waals surface area contributed by atoms with E-state index >= 15 is 0 Å². The predicted molar refractivity (Wildman–Crippen MR) is 36.5 cm³/mol. The normalized spacial score (nSPS) is 11.2. The third-order valence-electron chi connectivity index (χ3n) is 1.27. The zero-order valence-electron chi connectivity index (χ0n) is 6.13. The summed E-state index contributed by atoms with van der Waals surface area (Å²) in [6.07, 6.45) is 1.73. The average molecular weight is 201 g/mol. The Balaban J connectivity index is 3.46. The van der Waals surface area contributed by atoms with Gasteiger partial charge in [-0.1, -0.05) is 0 Å². The van der Waals surface area contributed by atoms with E-state index in [1.807, 2.05) is 0 Å². The molecule has 1 rings (SSSR count). The Kier molecular flexibility index (Phi) is 2.30. The minimum absolute atomic E-state index is 0.674. The maximum absolute atomic E-state index is 10.5. The number of carboxylic acid groups (broad SMARTS) is 1. The lowest BCUT2D eigenvalue weighted by atomic mass is 10.3. The number of pyridine rings is 1. The van der Waals surface area contributed by atoms with Gasteiger partial charge in [0.15, 0.2) is 0 Å². The molecule has 7 heteroatoms. The molecule has 1 heterocycles. The highest BCUT2D eigenvalue weighted by Crippen LogP contribution is 2.11. The van der Waals surface area contributed by atoms with Crippen molar-refractivity contribution < 1.29 is 22.9 Å². The summed E-state index contributed by atoms with van der Waals surface area (Å²) in [6.45, 7) is 0. The minimum Gasteiger partial charge on any atom is -0.744 e. The quantitative estimate of drug-likeness (QED) is 0.530. The van der Waals surface area contributed by atoms with Gasteiger partial charge in [-0.2, -0.15) is 0 Å². The molecular formula is C6H3NO5S-2. The lowest BCUT2D eigenvalue weighted by Gasteiger charge is -2.11. The van der Waals surface area contributed by atoms with Gasteiger partial charge in [-0.25, -0.2) is 8.42 Å². The third kappa shape index (κ3) is 2.01. The zero-order chi connectivity index (χ0) is 10.1. The van der Waals surface area contributed by atoms with Gasteiger partial charge in [-0.15, -0.1) is 0 Å². The molecule has 0 atom stereocenters. The predicted octanol–water partition coefficient (Wildman–Crippen LogP) is -1.65. The van der Waals surface area contributed by atoms with Crippen molar-refractivity contribution in [3.05, 3.63) is 24.0 Å². The van der Waals surface area contributed by atoms with Gasteiger partial charge in [0, 0.05) is 18.0 Å². The van der Waals surface area contributed by atoms with Gasteiger partial charge in [-0.3, -0.25) is 4.98 Å². The number of aromatic nitrogens is 1. The molecule has 0 N–H and O–H groups in total. The summed E-state index contributed by atoms with van der Waals surface area (Å²) >= 11 is 0. The molecule has 70 valence electrons. The molecule has 0 saturated heterocycles. The molecule has 0 spiro atoms. The van der Waals surface area contributed by atoms with Crippen molar-refractivity contribution in [2.45, 2.75) is 4.90 Å². The lowest BCUT2D eigenvalue weighted by Crippen LogP contribution is -2.24. The Morgan fingerprint density at radius 2 is 2.08 bits per heavy atom. The minimum atomic E-state index is -4.81. The smallest absolute Gasteiger partial charge is 0.126 e. The number of carboxylic acids is 1. The molecule has 0 aliphatic heterocycles. The second-order valence-corrected chi connectivity index (χ2v) is 3.46. The zero-order valence-corrected chi connectivity index (χ0v) is 6.95. The summed E-state index contributed by atoms with van der Waals surface area (Å²) < 4.78 is 31.4. The van der Waals surface area contributed by atoms with E-state index in [-0.39, 0.29) is 0 Å². The molecule has 0 radical (unpaired) electrons. The standard InChI is InChI=1S/C6H5NO5S/c8-6(9)4-1-2-7-3-5(4)13(10,11)12/h1-3H,(H,8,9)(H,10,11,12)/p-2. The van der Waals surface area contributed by atoms with E-state index in [0.29, 0.717) is 6.20 Å². The monoisotopic (exact) mass is 201 g/mol. The van der Waals surface area contributed by atoms with Crippen LogP contribution in [0.2, 0.25) is 0 Å². The molecule has 0 saturated carbocycles. The second kappa shape index (κ2) is 3.11. The Labute approximate surface area is 73.6 Å². The fourth-order valence-corrected chi connectivity index (χ4v) is 1.36. The van der Waals surface area contributed by atoms with Crippen molar-refractivity contribution >= 4 is 16.1 Å². The first-order chi connectivity index (χ1) is 5.93. The van der Waals surface area contributed by atoms with Crippen molar-refractivity contribution in [1.82, 2.24) is 4.98 Å². The highest BCUT2D eigenvalue weighted by Gasteiger charge is 2.08. The molecule has 0 unspecified atom stereocenters. The van der Waals surface area contributed by atoms with Gasteiger partial charge in [0.1, 0.15) is 10.1 Å². The van der Waals surface area contributed by atoms with Gasteiger partial charge in [0.25, 0.3) is 0 Å². The fraction of sp³-hybridized carbons (Fsp3) is 0. The fourth-order valence-electron chi connectivity index (χ4n) is 0.748. The number of aromatic carboxylic acids is 1. The van der Waals surface area contributed by atoms with E-state index in [9.17, 15) is 22.9 Å². The number of hydrogen-bond acceptors (Lipinski definition) is 6. The Morgan fingerprint density at radius 1 is 1.46 bits per heavy atom. The number of nitrogens with zero attached hydrogens (tertiary/aromatic N) is 1. The van der Waals surface area contributed by atoms with E-state index in [4.69, 9.17) is 0 Å². The van der Waals surface area contributed by atoms with Crippen LogP contribution in [-0.4, -0.2) is 23.9 Å². The molecule has 1 aromatic heterocycles. The summed E-state index contributed by atoms with van der Waals surface area (Å²) in [4.78, 5) is 12.8. The lowest BCUT2D eigenvalue weighted by molar-refractivity contribution is -0.255. The number of carbonyl (C=O) groups excluding carboxylic acids is 1. The van der Waals surface area contributed by atoms with Crippen molar-refractivity contribution in [3.8, 4) is 0 Å². The molecule has 13 heavy (non-hydrogen) atoms. The van der Waals surface area contributed by atoms with Gasteiger partial charge in [0.05, 0.1) is 10.9 Å². The van der Waals surface area contributed by atoms with Crippen molar-refractivity contribution in [2.75, 3.05) is 0 Å². The van der Waals surface area contributed by atoms with Crippen LogP contribution in [0.5, 0.6) is 0 Å². The largest absolute Gasteiger partial charge is 0.744 e. The van der Waals surface area contributed by atoms with E-state index in [0.717, 1.165) is 12.3 Å².